The largest absolute Gasteiger partial charge is 0.444 e. The molecular weight excluding hydrogens is 186 g/mol. The number of ether oxygens (including phenoxy) is 2. The van der Waals surface area contributed by atoms with Gasteiger partial charge in [-0.2, -0.15) is 0 Å². The fourth-order valence-corrected chi connectivity index (χ4v) is 1.06. The standard InChI is InChI=1S/C9H17NO4/c1-5(6-7(11)13-6)10-8(12)14-9(2,3)4/h5-7,11H,1-4H3,(H,10,12)/t5-,6?,7?/m0/s1. The molecule has 0 aromatic carbocycles. The summed E-state index contributed by atoms with van der Waals surface area (Å²) in [5, 5.41) is 11.5. The lowest BCUT2D eigenvalue weighted by Gasteiger charge is -2.21. The summed E-state index contributed by atoms with van der Waals surface area (Å²) in [5.74, 6) is 0. The number of epoxide rings is 1. The van der Waals surface area contributed by atoms with Crippen molar-refractivity contribution in [2.24, 2.45) is 0 Å². The molecule has 3 atom stereocenters. The summed E-state index contributed by atoms with van der Waals surface area (Å²) in [6, 6.07) is -0.236. The molecule has 1 amide bonds. The number of aliphatic hydroxyl groups excluding tert-OH is 1. The molecule has 5 nitrogen and oxygen atoms in total. The molecule has 1 rings (SSSR count). The lowest BCUT2D eigenvalue weighted by Crippen LogP contribution is -2.40. The van der Waals surface area contributed by atoms with Gasteiger partial charge in [-0.1, -0.05) is 0 Å². The highest BCUT2D eigenvalue weighted by Gasteiger charge is 2.42. The number of nitrogens with one attached hydrogen (secondary N) is 1. The van der Waals surface area contributed by atoms with Gasteiger partial charge in [-0.3, -0.25) is 0 Å². The molecule has 0 radical (unpaired) electrons. The first-order chi connectivity index (χ1) is 6.29. The summed E-state index contributed by atoms with van der Waals surface area (Å²) in [5.41, 5.74) is -0.507. The summed E-state index contributed by atoms with van der Waals surface area (Å²) in [6.45, 7) is 7.13. The van der Waals surface area contributed by atoms with Crippen LogP contribution in [0, 0.1) is 0 Å². The lowest BCUT2D eigenvalue weighted by molar-refractivity contribution is 0.0500. The van der Waals surface area contributed by atoms with Gasteiger partial charge in [0, 0.05) is 0 Å². The second-order valence-corrected chi connectivity index (χ2v) is 4.43. The highest BCUT2D eigenvalue weighted by Crippen LogP contribution is 2.22. The minimum absolute atomic E-state index is 0.236. The molecule has 0 aliphatic carbocycles. The maximum absolute atomic E-state index is 11.2. The van der Waals surface area contributed by atoms with Crippen LogP contribution in [0.1, 0.15) is 27.7 Å². The van der Waals surface area contributed by atoms with E-state index in [-0.39, 0.29) is 12.1 Å². The van der Waals surface area contributed by atoms with Crippen LogP contribution < -0.4 is 5.32 Å². The third-order valence-electron chi connectivity index (χ3n) is 1.74. The van der Waals surface area contributed by atoms with Crippen LogP contribution >= 0.6 is 0 Å². The van der Waals surface area contributed by atoms with Crippen LogP contribution in [-0.4, -0.2) is 35.2 Å². The van der Waals surface area contributed by atoms with E-state index in [1.165, 1.54) is 0 Å². The summed E-state index contributed by atoms with van der Waals surface area (Å²) >= 11 is 0. The summed E-state index contributed by atoms with van der Waals surface area (Å²) in [4.78, 5) is 11.2. The van der Waals surface area contributed by atoms with Crippen LogP contribution in [0.15, 0.2) is 0 Å². The lowest BCUT2D eigenvalue weighted by atomic mass is 10.2. The molecule has 14 heavy (non-hydrogen) atoms. The number of alkyl carbamates (subject to hydrolysis) is 1. The van der Waals surface area contributed by atoms with Crippen LogP contribution in [0.3, 0.4) is 0 Å². The van der Waals surface area contributed by atoms with Gasteiger partial charge in [0.05, 0.1) is 6.04 Å². The van der Waals surface area contributed by atoms with E-state index >= 15 is 0 Å². The Bertz CT molecular complexity index is 223. The average molecular weight is 203 g/mol. The maximum atomic E-state index is 11.2. The predicted octanol–water partition coefficient (Wildman–Crippen LogP) is 0.617. The van der Waals surface area contributed by atoms with Gasteiger partial charge in [0.15, 0.2) is 6.29 Å². The van der Waals surface area contributed by atoms with Gasteiger partial charge < -0.3 is 19.9 Å². The zero-order valence-electron chi connectivity index (χ0n) is 8.90. The van der Waals surface area contributed by atoms with Gasteiger partial charge in [-0.25, -0.2) is 4.79 Å². The second kappa shape index (κ2) is 3.74. The van der Waals surface area contributed by atoms with Crippen LogP contribution in [0.5, 0.6) is 0 Å². The summed E-state index contributed by atoms with van der Waals surface area (Å²) in [6.07, 6.45) is -1.55. The predicted molar refractivity (Wildman–Crippen MR) is 49.7 cm³/mol. The van der Waals surface area contributed by atoms with E-state index in [9.17, 15) is 4.79 Å². The van der Waals surface area contributed by atoms with Gasteiger partial charge in [0.2, 0.25) is 0 Å². The first-order valence-electron chi connectivity index (χ1n) is 4.62. The summed E-state index contributed by atoms with van der Waals surface area (Å²) < 4.78 is 9.83. The Morgan fingerprint density at radius 1 is 1.57 bits per heavy atom. The van der Waals surface area contributed by atoms with E-state index in [0.29, 0.717) is 0 Å². The molecule has 0 bridgehead atoms. The van der Waals surface area contributed by atoms with E-state index in [1.807, 2.05) is 0 Å². The van der Waals surface area contributed by atoms with Crippen LogP contribution in [0.25, 0.3) is 0 Å². The Balaban J connectivity index is 2.27. The molecule has 1 fully saturated rings. The quantitative estimate of drug-likeness (QED) is 0.645. The zero-order chi connectivity index (χ0) is 10.9. The molecule has 0 aromatic heterocycles. The minimum Gasteiger partial charge on any atom is -0.444 e. The number of carbonyl (C=O) groups is 1. The first-order valence-corrected chi connectivity index (χ1v) is 4.62. The molecule has 2 N–H and O–H groups in total. The topological polar surface area (TPSA) is 71.1 Å². The van der Waals surface area contributed by atoms with Crippen molar-refractivity contribution in [1.29, 1.82) is 0 Å². The Kier molecular flexibility index (Phi) is 3.01. The van der Waals surface area contributed by atoms with Crippen molar-refractivity contribution < 1.29 is 19.4 Å². The van der Waals surface area contributed by atoms with Gasteiger partial charge in [-0.05, 0) is 27.7 Å². The first kappa shape index (κ1) is 11.3. The molecule has 1 aliphatic rings. The fraction of sp³-hybridized carbons (Fsp3) is 0.889. The highest BCUT2D eigenvalue weighted by atomic mass is 16.7. The Labute approximate surface area is 83.4 Å². The molecule has 2 unspecified atom stereocenters. The van der Waals surface area contributed by atoms with Crippen molar-refractivity contribution in [1.82, 2.24) is 5.32 Å². The number of aliphatic hydroxyl groups is 1. The molecule has 1 aliphatic heterocycles. The van der Waals surface area contributed by atoms with Crippen molar-refractivity contribution >= 4 is 6.09 Å². The van der Waals surface area contributed by atoms with Crippen molar-refractivity contribution in [2.75, 3.05) is 0 Å². The Morgan fingerprint density at radius 3 is 2.43 bits per heavy atom. The second-order valence-electron chi connectivity index (χ2n) is 4.43. The molecule has 5 heteroatoms. The average Bonchev–Trinajstić information content (AvgIpc) is 2.61. The molecule has 0 aromatic rings. The molecular formula is C9H17NO4. The summed E-state index contributed by atoms with van der Waals surface area (Å²) in [7, 11) is 0. The van der Waals surface area contributed by atoms with Crippen molar-refractivity contribution in [3.05, 3.63) is 0 Å². The zero-order valence-corrected chi connectivity index (χ0v) is 8.90. The van der Waals surface area contributed by atoms with Crippen molar-refractivity contribution in [2.45, 2.75) is 51.7 Å². The third kappa shape index (κ3) is 3.51. The van der Waals surface area contributed by atoms with Gasteiger partial charge >= 0.3 is 6.09 Å². The third-order valence-corrected chi connectivity index (χ3v) is 1.74. The number of rotatable bonds is 2. The molecule has 0 spiro atoms. The van der Waals surface area contributed by atoms with E-state index in [1.54, 1.807) is 27.7 Å². The minimum atomic E-state index is -0.750. The van der Waals surface area contributed by atoms with Gasteiger partial charge in [0.25, 0.3) is 0 Å². The SMILES string of the molecule is C[C@H](NC(=O)OC(C)(C)C)C1OC1O. The van der Waals surface area contributed by atoms with E-state index in [4.69, 9.17) is 14.6 Å². The van der Waals surface area contributed by atoms with Crippen molar-refractivity contribution in [3.8, 4) is 0 Å². The molecule has 0 saturated carbocycles. The smallest absolute Gasteiger partial charge is 0.407 e. The molecule has 82 valence electrons. The van der Waals surface area contributed by atoms with E-state index in [0.717, 1.165) is 0 Å². The van der Waals surface area contributed by atoms with E-state index in [2.05, 4.69) is 5.32 Å². The molecule has 1 heterocycles. The maximum Gasteiger partial charge on any atom is 0.407 e. The number of amides is 1. The fourth-order valence-electron chi connectivity index (χ4n) is 1.06. The number of hydrogen-bond acceptors (Lipinski definition) is 4. The van der Waals surface area contributed by atoms with Crippen molar-refractivity contribution in [3.63, 3.8) is 0 Å². The van der Waals surface area contributed by atoms with Crippen LogP contribution in [0.4, 0.5) is 4.79 Å². The number of carbonyl (C=O) groups excluding carboxylic acids is 1. The van der Waals surface area contributed by atoms with Gasteiger partial charge in [0.1, 0.15) is 11.7 Å². The monoisotopic (exact) mass is 203 g/mol. The van der Waals surface area contributed by atoms with Crippen LogP contribution in [0.2, 0.25) is 0 Å². The number of hydrogen-bond donors (Lipinski definition) is 2. The van der Waals surface area contributed by atoms with E-state index < -0.39 is 18.0 Å². The Hall–Kier alpha value is -0.810. The Morgan fingerprint density at radius 2 is 2.07 bits per heavy atom. The normalized spacial score (nSPS) is 28.1. The highest BCUT2D eigenvalue weighted by molar-refractivity contribution is 5.68. The van der Waals surface area contributed by atoms with Crippen LogP contribution in [-0.2, 0) is 9.47 Å². The molecule has 1 saturated heterocycles. The van der Waals surface area contributed by atoms with Gasteiger partial charge in [-0.15, -0.1) is 0 Å².